The normalized spacial score (nSPS) is 17.4. The third-order valence-corrected chi connectivity index (χ3v) is 6.18. The van der Waals surface area contributed by atoms with E-state index < -0.39 is 0 Å². The second-order valence-electron chi connectivity index (χ2n) is 6.83. The molecule has 1 atom stereocenters. The van der Waals surface area contributed by atoms with Gasteiger partial charge in [-0.25, -0.2) is 4.98 Å². The molecule has 7 nitrogen and oxygen atoms in total. The summed E-state index contributed by atoms with van der Waals surface area (Å²) in [5.41, 5.74) is 0.954. The third-order valence-electron chi connectivity index (χ3n) is 4.64. The van der Waals surface area contributed by atoms with Crippen LogP contribution in [0.25, 0.3) is 11.4 Å². The molecule has 1 aliphatic rings. The molecule has 2 heterocycles. The number of aromatic nitrogens is 3. The molecule has 1 fully saturated rings. The molecule has 1 saturated heterocycles. The summed E-state index contributed by atoms with van der Waals surface area (Å²) in [7, 11) is 3.49. The molecule has 2 N–H and O–H groups in total. The number of rotatable bonds is 5. The van der Waals surface area contributed by atoms with E-state index in [4.69, 9.17) is 4.74 Å². The van der Waals surface area contributed by atoms with Crippen molar-refractivity contribution in [1.29, 1.82) is 0 Å². The highest BCUT2D eigenvalue weighted by Gasteiger charge is 2.24. The van der Waals surface area contributed by atoms with Gasteiger partial charge in [0.1, 0.15) is 11.6 Å². The number of aliphatic imine (C=N–C) groups is 1. The Bertz CT molecular complexity index is 764. The van der Waals surface area contributed by atoms with E-state index in [9.17, 15) is 0 Å². The molecule has 0 radical (unpaired) electrons. The second-order valence-corrected chi connectivity index (χ2v) is 8.18. The van der Waals surface area contributed by atoms with E-state index in [1.54, 1.807) is 7.11 Å². The topological polar surface area (TPSA) is 78.4 Å². The molecule has 9 heteroatoms. The Labute approximate surface area is 188 Å². The van der Waals surface area contributed by atoms with Gasteiger partial charge in [-0.05, 0) is 30.2 Å². The van der Waals surface area contributed by atoms with Crippen molar-refractivity contribution in [3.63, 3.8) is 0 Å². The lowest BCUT2D eigenvalue weighted by molar-refractivity contribution is 0.380. The fraction of sp³-hybridized carbons (Fsp3) is 0.526. The van der Waals surface area contributed by atoms with Gasteiger partial charge >= 0.3 is 0 Å². The summed E-state index contributed by atoms with van der Waals surface area (Å²) in [5, 5.41) is 11.4. The van der Waals surface area contributed by atoms with Crippen LogP contribution in [0.5, 0.6) is 5.75 Å². The molecule has 0 amide bonds. The highest BCUT2D eigenvalue weighted by atomic mass is 127. The van der Waals surface area contributed by atoms with Crippen molar-refractivity contribution in [1.82, 2.24) is 25.4 Å². The molecular weight excluding hydrogens is 487 g/mol. The maximum Gasteiger partial charge on any atom is 0.194 e. The quantitative estimate of drug-likeness (QED) is 0.361. The van der Waals surface area contributed by atoms with E-state index in [0.29, 0.717) is 23.5 Å². The Kier molecular flexibility index (Phi) is 8.87. The van der Waals surface area contributed by atoms with E-state index in [-0.39, 0.29) is 24.0 Å². The Hall–Kier alpha value is -1.49. The van der Waals surface area contributed by atoms with Gasteiger partial charge in [-0.3, -0.25) is 10.1 Å². The molecule has 0 spiro atoms. The lowest BCUT2D eigenvalue weighted by atomic mass is 10.1. The van der Waals surface area contributed by atoms with Crippen LogP contribution in [0.1, 0.15) is 19.7 Å². The number of aromatic amines is 1. The molecule has 3 rings (SSSR count). The minimum absolute atomic E-state index is 0. The van der Waals surface area contributed by atoms with Crippen LogP contribution in [-0.4, -0.2) is 64.3 Å². The number of ether oxygens (including phenoxy) is 1. The first-order valence-corrected chi connectivity index (χ1v) is 10.3. The average molecular weight is 516 g/mol. The van der Waals surface area contributed by atoms with Crippen molar-refractivity contribution in [3.05, 3.63) is 30.1 Å². The number of guanidine groups is 1. The average Bonchev–Trinajstić information content (AvgIpc) is 3.18. The molecule has 0 saturated carbocycles. The van der Waals surface area contributed by atoms with Crippen LogP contribution in [0.2, 0.25) is 0 Å². The second kappa shape index (κ2) is 10.9. The molecule has 1 aliphatic heterocycles. The maximum atomic E-state index is 5.19. The van der Waals surface area contributed by atoms with Crippen molar-refractivity contribution in [2.45, 2.75) is 25.6 Å². The standard InChI is InChI=1S/C19H28N6OS.HI/c1-13(2)16-12-25(9-10-27-16)19(20-3)21-11-17-22-18(24-23-17)14-5-7-15(26-4)8-6-14;/h5-8,13,16H,9-12H2,1-4H3,(H,20,21)(H,22,23,24);1H. The number of H-pyrrole nitrogens is 1. The van der Waals surface area contributed by atoms with Gasteiger partial charge < -0.3 is 15.0 Å². The monoisotopic (exact) mass is 516 g/mol. The van der Waals surface area contributed by atoms with E-state index in [0.717, 1.165) is 41.9 Å². The van der Waals surface area contributed by atoms with Gasteiger partial charge in [0, 0.05) is 36.7 Å². The zero-order valence-corrected chi connectivity index (χ0v) is 20.0. The highest BCUT2D eigenvalue weighted by Crippen LogP contribution is 2.25. The number of nitrogens with one attached hydrogen (secondary N) is 2. The van der Waals surface area contributed by atoms with Gasteiger partial charge in [-0.1, -0.05) is 13.8 Å². The molecule has 154 valence electrons. The predicted octanol–water partition coefficient (Wildman–Crippen LogP) is 3.25. The van der Waals surface area contributed by atoms with Gasteiger partial charge in [0.25, 0.3) is 0 Å². The number of nitrogens with zero attached hydrogens (tertiary/aromatic N) is 4. The Morgan fingerprint density at radius 3 is 2.79 bits per heavy atom. The first kappa shape index (κ1) is 22.8. The van der Waals surface area contributed by atoms with Crippen LogP contribution >= 0.6 is 35.7 Å². The van der Waals surface area contributed by atoms with Crippen LogP contribution in [0.3, 0.4) is 0 Å². The number of halogens is 1. The van der Waals surface area contributed by atoms with E-state index in [1.165, 1.54) is 0 Å². The molecular formula is C19H29IN6OS. The Balaban J connectivity index is 0.00000280. The van der Waals surface area contributed by atoms with Crippen molar-refractivity contribution < 1.29 is 4.74 Å². The lowest BCUT2D eigenvalue weighted by Crippen LogP contribution is -2.48. The molecule has 2 aromatic rings. The fourth-order valence-corrected chi connectivity index (χ4v) is 4.31. The summed E-state index contributed by atoms with van der Waals surface area (Å²) < 4.78 is 5.19. The Morgan fingerprint density at radius 2 is 2.14 bits per heavy atom. The van der Waals surface area contributed by atoms with Crippen LogP contribution in [0.15, 0.2) is 29.3 Å². The lowest BCUT2D eigenvalue weighted by Gasteiger charge is -2.36. The van der Waals surface area contributed by atoms with Gasteiger partial charge in [0.05, 0.1) is 13.7 Å². The van der Waals surface area contributed by atoms with Crippen LogP contribution in [0.4, 0.5) is 0 Å². The first-order valence-electron chi connectivity index (χ1n) is 9.23. The van der Waals surface area contributed by atoms with Crippen LogP contribution in [0, 0.1) is 5.92 Å². The smallest absolute Gasteiger partial charge is 0.194 e. The van der Waals surface area contributed by atoms with E-state index >= 15 is 0 Å². The van der Waals surface area contributed by atoms with Crippen molar-refractivity contribution in [2.75, 3.05) is 33.0 Å². The fourth-order valence-electron chi connectivity index (χ4n) is 3.01. The number of methoxy groups -OCH3 is 1. The molecule has 0 aliphatic carbocycles. The molecule has 28 heavy (non-hydrogen) atoms. The first-order chi connectivity index (χ1) is 13.1. The number of thioether (sulfide) groups is 1. The van der Waals surface area contributed by atoms with Gasteiger partial charge in [-0.2, -0.15) is 16.9 Å². The Morgan fingerprint density at radius 1 is 1.39 bits per heavy atom. The summed E-state index contributed by atoms with van der Waals surface area (Å²) in [6.45, 7) is 7.17. The largest absolute Gasteiger partial charge is 0.497 e. The predicted molar refractivity (Wildman–Crippen MR) is 127 cm³/mol. The minimum Gasteiger partial charge on any atom is -0.497 e. The van der Waals surface area contributed by atoms with E-state index in [1.807, 2.05) is 31.3 Å². The van der Waals surface area contributed by atoms with Crippen LogP contribution < -0.4 is 10.1 Å². The summed E-state index contributed by atoms with van der Waals surface area (Å²) in [6.07, 6.45) is 0. The highest BCUT2D eigenvalue weighted by molar-refractivity contribution is 14.0. The number of hydrogen-bond donors (Lipinski definition) is 2. The summed E-state index contributed by atoms with van der Waals surface area (Å²) in [5.74, 6) is 5.00. The van der Waals surface area contributed by atoms with Crippen molar-refractivity contribution >= 4 is 41.7 Å². The van der Waals surface area contributed by atoms with Crippen LogP contribution in [-0.2, 0) is 6.54 Å². The summed E-state index contributed by atoms with van der Waals surface area (Å²) in [6, 6.07) is 7.72. The van der Waals surface area contributed by atoms with E-state index in [2.05, 4.69) is 56.0 Å². The summed E-state index contributed by atoms with van der Waals surface area (Å²) >= 11 is 2.06. The number of benzene rings is 1. The zero-order valence-electron chi connectivity index (χ0n) is 16.8. The zero-order chi connectivity index (χ0) is 19.2. The summed E-state index contributed by atoms with van der Waals surface area (Å²) in [4.78, 5) is 11.4. The van der Waals surface area contributed by atoms with Gasteiger partial charge in [-0.15, -0.1) is 24.0 Å². The SMILES string of the molecule is CN=C(NCc1nc(-c2ccc(OC)cc2)n[nH]1)N1CCSC(C(C)C)C1.I. The molecule has 1 aromatic carbocycles. The van der Waals surface area contributed by atoms with Gasteiger partial charge in [0.2, 0.25) is 0 Å². The molecule has 1 aromatic heterocycles. The number of hydrogen-bond acceptors (Lipinski definition) is 5. The van der Waals surface area contributed by atoms with Crippen molar-refractivity contribution in [2.24, 2.45) is 10.9 Å². The third kappa shape index (κ3) is 5.76. The molecule has 1 unspecified atom stereocenters. The minimum atomic E-state index is 0. The maximum absolute atomic E-state index is 5.19. The van der Waals surface area contributed by atoms with Crippen molar-refractivity contribution in [3.8, 4) is 17.1 Å². The van der Waals surface area contributed by atoms with Gasteiger partial charge in [0.15, 0.2) is 11.8 Å². The molecule has 0 bridgehead atoms.